The molecule has 3 nitrogen and oxygen atoms in total. The highest BCUT2D eigenvalue weighted by atomic mass is 16.4. The van der Waals surface area contributed by atoms with E-state index in [2.05, 4.69) is 18.7 Å². The summed E-state index contributed by atoms with van der Waals surface area (Å²) in [6, 6.07) is 0.927. The molecule has 1 aliphatic carbocycles. The Morgan fingerprint density at radius 3 is 2.76 bits per heavy atom. The molecule has 17 heavy (non-hydrogen) atoms. The van der Waals surface area contributed by atoms with Crippen LogP contribution in [0.1, 0.15) is 52.4 Å². The van der Waals surface area contributed by atoms with Gasteiger partial charge in [-0.05, 0) is 44.1 Å². The highest BCUT2D eigenvalue weighted by Crippen LogP contribution is 2.36. The van der Waals surface area contributed by atoms with Gasteiger partial charge in [0.05, 0.1) is 6.42 Å². The van der Waals surface area contributed by atoms with Crippen LogP contribution >= 0.6 is 0 Å². The lowest BCUT2D eigenvalue weighted by molar-refractivity contribution is -0.138. The summed E-state index contributed by atoms with van der Waals surface area (Å²) in [6.07, 6.45) is 6.49. The Labute approximate surface area is 104 Å². The lowest BCUT2D eigenvalue weighted by atomic mass is 9.79. The van der Waals surface area contributed by atoms with Crippen molar-refractivity contribution in [3.8, 4) is 0 Å². The van der Waals surface area contributed by atoms with Gasteiger partial charge in [0.25, 0.3) is 0 Å². The van der Waals surface area contributed by atoms with Crippen LogP contribution < -0.4 is 0 Å². The van der Waals surface area contributed by atoms with Crippen LogP contribution in [0.3, 0.4) is 0 Å². The molecule has 0 aromatic rings. The first-order chi connectivity index (χ1) is 8.08. The maximum absolute atomic E-state index is 10.9. The summed E-state index contributed by atoms with van der Waals surface area (Å²) >= 11 is 0. The molecule has 98 valence electrons. The predicted molar refractivity (Wildman–Crippen MR) is 67.9 cm³/mol. The van der Waals surface area contributed by atoms with Gasteiger partial charge in [0.15, 0.2) is 0 Å². The molecule has 1 N–H and O–H groups in total. The number of carbonyl (C=O) groups is 1. The average molecular weight is 239 g/mol. The van der Waals surface area contributed by atoms with Gasteiger partial charge >= 0.3 is 5.97 Å². The third-order valence-corrected chi connectivity index (χ3v) is 4.67. The van der Waals surface area contributed by atoms with Crippen LogP contribution in [0, 0.1) is 11.8 Å². The smallest absolute Gasteiger partial charge is 0.304 e. The molecule has 0 bridgehead atoms. The molecule has 1 aliphatic heterocycles. The zero-order valence-electron chi connectivity index (χ0n) is 11.1. The number of hydrogen-bond donors (Lipinski definition) is 1. The topological polar surface area (TPSA) is 40.5 Å². The quantitative estimate of drug-likeness (QED) is 0.823. The fourth-order valence-electron chi connectivity index (χ4n) is 3.68. The Kier molecular flexibility index (Phi) is 4.08. The first-order valence-electron chi connectivity index (χ1n) is 7.05. The number of rotatable bonds is 3. The van der Waals surface area contributed by atoms with Gasteiger partial charge in [-0.2, -0.15) is 0 Å². The van der Waals surface area contributed by atoms with E-state index in [4.69, 9.17) is 5.11 Å². The van der Waals surface area contributed by atoms with Crippen molar-refractivity contribution in [2.45, 2.75) is 64.5 Å². The van der Waals surface area contributed by atoms with Crippen molar-refractivity contribution in [2.24, 2.45) is 11.8 Å². The van der Waals surface area contributed by atoms with E-state index in [9.17, 15) is 4.79 Å². The molecule has 1 saturated heterocycles. The molecular weight excluding hydrogens is 214 g/mol. The summed E-state index contributed by atoms with van der Waals surface area (Å²) in [5.74, 6) is 0.904. The van der Waals surface area contributed by atoms with E-state index < -0.39 is 5.97 Å². The lowest BCUT2D eigenvalue weighted by Crippen LogP contribution is -2.46. The molecule has 2 rings (SSSR count). The van der Waals surface area contributed by atoms with Crippen molar-refractivity contribution < 1.29 is 9.90 Å². The molecule has 1 saturated carbocycles. The van der Waals surface area contributed by atoms with E-state index in [-0.39, 0.29) is 0 Å². The minimum absolute atomic E-state index is 0.297. The minimum Gasteiger partial charge on any atom is -0.481 e. The largest absolute Gasteiger partial charge is 0.481 e. The average Bonchev–Trinajstić information content (AvgIpc) is 2.69. The molecule has 1 heterocycles. The van der Waals surface area contributed by atoms with Gasteiger partial charge in [0.2, 0.25) is 0 Å². The third-order valence-electron chi connectivity index (χ3n) is 4.67. The maximum Gasteiger partial charge on any atom is 0.304 e. The molecule has 4 atom stereocenters. The van der Waals surface area contributed by atoms with E-state index >= 15 is 0 Å². The van der Waals surface area contributed by atoms with Gasteiger partial charge in [0.1, 0.15) is 0 Å². The van der Waals surface area contributed by atoms with Crippen molar-refractivity contribution in [2.75, 3.05) is 6.54 Å². The number of aliphatic carboxylic acids is 1. The maximum atomic E-state index is 10.9. The van der Waals surface area contributed by atoms with Crippen LogP contribution in [0.4, 0.5) is 0 Å². The number of likely N-dealkylation sites (tertiary alicyclic amines) is 1. The zero-order valence-corrected chi connectivity index (χ0v) is 11.1. The zero-order chi connectivity index (χ0) is 12.4. The highest BCUT2D eigenvalue weighted by molar-refractivity contribution is 5.67. The Balaban J connectivity index is 2.01. The lowest BCUT2D eigenvalue weighted by Gasteiger charge is -2.41. The van der Waals surface area contributed by atoms with E-state index in [0.29, 0.717) is 18.5 Å². The second kappa shape index (κ2) is 5.38. The van der Waals surface area contributed by atoms with Crippen LogP contribution in [0.15, 0.2) is 0 Å². The second-order valence-electron chi connectivity index (χ2n) is 6.09. The number of carboxylic acids is 1. The third kappa shape index (κ3) is 3.01. The van der Waals surface area contributed by atoms with Crippen molar-refractivity contribution in [3.05, 3.63) is 0 Å². The number of hydrogen-bond acceptors (Lipinski definition) is 2. The van der Waals surface area contributed by atoms with E-state index in [1.807, 2.05) is 0 Å². The van der Waals surface area contributed by atoms with Crippen LogP contribution in [-0.2, 0) is 4.79 Å². The molecule has 0 aromatic carbocycles. The van der Waals surface area contributed by atoms with Crippen molar-refractivity contribution >= 4 is 5.97 Å². The fraction of sp³-hybridized carbons (Fsp3) is 0.929. The molecule has 0 aromatic heterocycles. The second-order valence-corrected chi connectivity index (χ2v) is 6.09. The standard InChI is InChI=1S/C14H25NO2/c1-10-5-6-11(2)13(8-10)15-7-3-4-12(15)9-14(16)17/h10-13H,3-9H2,1-2H3,(H,16,17). The SMILES string of the molecule is CC1CCC(C)C(N2CCCC2CC(=O)O)C1. The van der Waals surface area contributed by atoms with Gasteiger partial charge in [-0.1, -0.05) is 20.3 Å². The summed E-state index contributed by atoms with van der Waals surface area (Å²) < 4.78 is 0. The van der Waals surface area contributed by atoms with Gasteiger partial charge < -0.3 is 5.11 Å². The molecule has 0 radical (unpaired) electrons. The molecule has 0 amide bonds. The molecular formula is C14H25NO2. The minimum atomic E-state index is -0.640. The molecule has 0 spiro atoms. The predicted octanol–water partition coefficient (Wildman–Crippen LogP) is 2.75. The summed E-state index contributed by atoms with van der Waals surface area (Å²) in [4.78, 5) is 13.4. The van der Waals surface area contributed by atoms with Crippen LogP contribution in [0.2, 0.25) is 0 Å². The normalized spacial score (nSPS) is 39.4. The van der Waals surface area contributed by atoms with Crippen LogP contribution in [0.5, 0.6) is 0 Å². The Hall–Kier alpha value is -0.570. The van der Waals surface area contributed by atoms with Gasteiger partial charge in [0, 0.05) is 12.1 Å². The fourth-order valence-corrected chi connectivity index (χ4v) is 3.68. The monoisotopic (exact) mass is 239 g/mol. The van der Waals surface area contributed by atoms with Crippen LogP contribution in [0.25, 0.3) is 0 Å². The summed E-state index contributed by atoms with van der Waals surface area (Å²) in [7, 11) is 0. The number of nitrogens with zero attached hydrogens (tertiary/aromatic N) is 1. The molecule has 4 unspecified atom stereocenters. The Morgan fingerprint density at radius 1 is 1.29 bits per heavy atom. The Bertz CT molecular complexity index is 279. The summed E-state index contributed by atoms with van der Waals surface area (Å²) in [5.41, 5.74) is 0. The first kappa shape index (κ1) is 12.9. The van der Waals surface area contributed by atoms with E-state index in [0.717, 1.165) is 24.8 Å². The molecule has 2 fully saturated rings. The highest BCUT2D eigenvalue weighted by Gasteiger charge is 2.37. The van der Waals surface area contributed by atoms with Crippen molar-refractivity contribution in [1.29, 1.82) is 0 Å². The summed E-state index contributed by atoms with van der Waals surface area (Å²) in [5, 5.41) is 8.98. The van der Waals surface area contributed by atoms with Gasteiger partial charge in [-0.25, -0.2) is 0 Å². The Morgan fingerprint density at radius 2 is 2.06 bits per heavy atom. The van der Waals surface area contributed by atoms with E-state index in [1.54, 1.807) is 0 Å². The van der Waals surface area contributed by atoms with E-state index in [1.165, 1.54) is 25.7 Å². The van der Waals surface area contributed by atoms with Crippen LogP contribution in [-0.4, -0.2) is 34.6 Å². The van der Waals surface area contributed by atoms with Crippen molar-refractivity contribution in [1.82, 2.24) is 4.90 Å². The summed E-state index contributed by atoms with van der Waals surface area (Å²) in [6.45, 7) is 5.79. The molecule has 2 aliphatic rings. The molecule has 3 heteroatoms. The van der Waals surface area contributed by atoms with Gasteiger partial charge in [-0.3, -0.25) is 9.69 Å². The van der Waals surface area contributed by atoms with Crippen molar-refractivity contribution in [3.63, 3.8) is 0 Å². The van der Waals surface area contributed by atoms with Gasteiger partial charge in [-0.15, -0.1) is 0 Å². The number of carboxylic acid groups (broad SMARTS) is 1. The first-order valence-corrected chi connectivity index (χ1v) is 7.05.